The third kappa shape index (κ3) is 3.53. The number of benzene rings is 1. The molecule has 8 heteroatoms. The topological polar surface area (TPSA) is 102 Å². The van der Waals surface area contributed by atoms with Crippen LogP contribution < -0.4 is 14.8 Å². The van der Waals surface area contributed by atoms with Gasteiger partial charge in [-0.1, -0.05) is 24.3 Å². The number of hydrogen-bond acceptors (Lipinski definition) is 6. The number of carbonyl (C=O) groups excluding carboxylic acids is 1. The van der Waals surface area contributed by atoms with Crippen molar-refractivity contribution >= 4 is 11.7 Å². The third-order valence-electron chi connectivity index (χ3n) is 4.77. The van der Waals surface area contributed by atoms with Crippen LogP contribution in [0.1, 0.15) is 23.2 Å². The molecular formula is C20H21N5O3. The van der Waals surface area contributed by atoms with Crippen molar-refractivity contribution in [1.82, 2.24) is 20.2 Å². The molecule has 144 valence electrons. The van der Waals surface area contributed by atoms with E-state index in [2.05, 4.69) is 25.5 Å². The van der Waals surface area contributed by atoms with Crippen molar-refractivity contribution in [3.8, 4) is 23.0 Å². The van der Waals surface area contributed by atoms with E-state index < -0.39 is 0 Å². The normalized spacial score (nSPS) is 12.5. The average Bonchev–Trinajstić information content (AvgIpc) is 3.33. The van der Waals surface area contributed by atoms with Gasteiger partial charge in [0.25, 0.3) is 0 Å². The van der Waals surface area contributed by atoms with E-state index in [0.717, 1.165) is 47.2 Å². The molecule has 0 spiro atoms. The molecule has 8 nitrogen and oxygen atoms in total. The standard InChI is InChI=1S/C20H21N5O3/c1-27-19-15(11-21-20(23-19)28-2)13-6-3-5-12(9-13)10-17(26)22-18-14-7-4-8-16(14)24-25-18/h3,5-6,9,11H,4,7-8,10H2,1-2H3,(H2,22,24,25,26). The minimum atomic E-state index is -0.101. The fourth-order valence-corrected chi connectivity index (χ4v) is 3.44. The zero-order valence-corrected chi connectivity index (χ0v) is 15.8. The number of H-pyrrole nitrogens is 1. The molecule has 0 saturated carbocycles. The van der Waals surface area contributed by atoms with E-state index in [0.29, 0.717) is 11.7 Å². The first-order valence-corrected chi connectivity index (χ1v) is 9.08. The van der Waals surface area contributed by atoms with Crippen LogP contribution in [0.3, 0.4) is 0 Å². The Bertz CT molecular complexity index is 1010. The lowest BCUT2D eigenvalue weighted by molar-refractivity contribution is -0.115. The molecular weight excluding hydrogens is 358 g/mol. The number of rotatable bonds is 6. The Kier molecular flexibility index (Phi) is 4.92. The van der Waals surface area contributed by atoms with Gasteiger partial charge in [-0.05, 0) is 30.4 Å². The number of fused-ring (bicyclic) bond motifs is 1. The summed E-state index contributed by atoms with van der Waals surface area (Å²) in [4.78, 5) is 20.9. The number of aromatic amines is 1. The van der Waals surface area contributed by atoms with Crippen LogP contribution in [0.4, 0.5) is 5.82 Å². The summed E-state index contributed by atoms with van der Waals surface area (Å²) < 4.78 is 10.4. The smallest absolute Gasteiger partial charge is 0.319 e. The zero-order chi connectivity index (χ0) is 19.5. The van der Waals surface area contributed by atoms with Crippen LogP contribution in [0.2, 0.25) is 0 Å². The molecule has 1 aliphatic carbocycles. The van der Waals surface area contributed by atoms with Crippen LogP contribution in [-0.2, 0) is 24.1 Å². The van der Waals surface area contributed by atoms with Crippen molar-refractivity contribution < 1.29 is 14.3 Å². The van der Waals surface area contributed by atoms with Gasteiger partial charge in [-0.3, -0.25) is 9.89 Å². The lowest BCUT2D eigenvalue weighted by atomic mass is 10.0. The van der Waals surface area contributed by atoms with Gasteiger partial charge in [-0.2, -0.15) is 10.1 Å². The lowest BCUT2D eigenvalue weighted by Crippen LogP contribution is -2.15. The highest BCUT2D eigenvalue weighted by atomic mass is 16.5. The molecule has 28 heavy (non-hydrogen) atoms. The number of ether oxygens (including phenoxy) is 2. The second-order valence-electron chi connectivity index (χ2n) is 6.59. The van der Waals surface area contributed by atoms with Crippen molar-refractivity contribution in [2.24, 2.45) is 0 Å². The quantitative estimate of drug-likeness (QED) is 0.682. The highest BCUT2D eigenvalue weighted by Gasteiger charge is 2.20. The summed E-state index contributed by atoms with van der Waals surface area (Å²) >= 11 is 0. The number of anilines is 1. The zero-order valence-electron chi connectivity index (χ0n) is 15.8. The predicted octanol–water partition coefficient (Wildman–Crippen LogP) is 2.55. The molecule has 2 N–H and O–H groups in total. The van der Waals surface area contributed by atoms with Gasteiger partial charge in [-0.15, -0.1) is 0 Å². The highest BCUT2D eigenvalue weighted by molar-refractivity contribution is 5.92. The molecule has 0 fully saturated rings. The summed E-state index contributed by atoms with van der Waals surface area (Å²) in [6.45, 7) is 0. The summed E-state index contributed by atoms with van der Waals surface area (Å²) in [5.41, 5.74) is 4.73. The molecule has 1 amide bonds. The maximum atomic E-state index is 12.5. The molecule has 0 radical (unpaired) electrons. The Balaban J connectivity index is 1.51. The molecule has 0 bridgehead atoms. The van der Waals surface area contributed by atoms with Gasteiger partial charge >= 0.3 is 6.01 Å². The monoisotopic (exact) mass is 379 g/mol. The van der Waals surface area contributed by atoms with Crippen LogP contribution in [0.15, 0.2) is 30.5 Å². The maximum Gasteiger partial charge on any atom is 0.319 e. The van der Waals surface area contributed by atoms with Crippen LogP contribution in [0.5, 0.6) is 11.9 Å². The number of carbonyl (C=O) groups is 1. The number of aryl methyl sites for hydroxylation is 1. The second-order valence-corrected chi connectivity index (χ2v) is 6.59. The van der Waals surface area contributed by atoms with E-state index in [9.17, 15) is 4.79 Å². The number of amides is 1. The number of methoxy groups -OCH3 is 2. The summed E-state index contributed by atoms with van der Waals surface area (Å²) in [6.07, 6.45) is 4.94. The fourth-order valence-electron chi connectivity index (χ4n) is 3.44. The van der Waals surface area contributed by atoms with Crippen molar-refractivity contribution in [3.05, 3.63) is 47.3 Å². The Hall–Kier alpha value is -3.42. The Morgan fingerprint density at radius 2 is 2.14 bits per heavy atom. The molecule has 0 saturated heterocycles. The molecule has 4 rings (SSSR count). The molecule has 1 aromatic carbocycles. The number of nitrogens with zero attached hydrogens (tertiary/aromatic N) is 3. The van der Waals surface area contributed by atoms with Crippen LogP contribution in [0.25, 0.3) is 11.1 Å². The summed E-state index contributed by atoms with van der Waals surface area (Å²) in [7, 11) is 3.05. The van der Waals surface area contributed by atoms with E-state index in [4.69, 9.17) is 9.47 Å². The lowest BCUT2D eigenvalue weighted by Gasteiger charge is -2.10. The highest BCUT2D eigenvalue weighted by Crippen LogP contribution is 2.30. The maximum absolute atomic E-state index is 12.5. The summed E-state index contributed by atoms with van der Waals surface area (Å²) in [5.74, 6) is 0.968. The molecule has 1 aliphatic rings. The predicted molar refractivity (Wildman–Crippen MR) is 104 cm³/mol. The molecule has 3 aromatic rings. The van der Waals surface area contributed by atoms with Crippen LogP contribution in [-0.4, -0.2) is 40.3 Å². The molecule has 2 aromatic heterocycles. The van der Waals surface area contributed by atoms with Crippen LogP contribution in [0, 0.1) is 0 Å². The Labute approximate surface area is 162 Å². The van der Waals surface area contributed by atoms with Gasteiger partial charge in [0, 0.05) is 17.5 Å². The first-order chi connectivity index (χ1) is 13.7. The van der Waals surface area contributed by atoms with E-state index in [1.54, 1.807) is 13.3 Å². The van der Waals surface area contributed by atoms with Gasteiger partial charge in [0.2, 0.25) is 11.8 Å². The Morgan fingerprint density at radius 1 is 1.25 bits per heavy atom. The fraction of sp³-hybridized carbons (Fsp3) is 0.300. The Morgan fingerprint density at radius 3 is 2.96 bits per heavy atom. The first-order valence-electron chi connectivity index (χ1n) is 9.08. The van der Waals surface area contributed by atoms with Crippen molar-refractivity contribution in [3.63, 3.8) is 0 Å². The second kappa shape index (κ2) is 7.67. The summed E-state index contributed by atoms with van der Waals surface area (Å²) in [6, 6.07) is 7.91. The van der Waals surface area contributed by atoms with Crippen molar-refractivity contribution in [2.45, 2.75) is 25.7 Å². The van der Waals surface area contributed by atoms with Gasteiger partial charge in [0.05, 0.1) is 26.2 Å². The van der Waals surface area contributed by atoms with Crippen molar-refractivity contribution in [2.75, 3.05) is 19.5 Å². The largest absolute Gasteiger partial charge is 0.480 e. The van der Waals surface area contributed by atoms with Gasteiger partial charge < -0.3 is 14.8 Å². The number of aromatic nitrogens is 4. The first kappa shape index (κ1) is 18.0. The molecule has 0 aliphatic heterocycles. The molecule has 0 atom stereocenters. The minimum Gasteiger partial charge on any atom is -0.480 e. The van der Waals surface area contributed by atoms with Gasteiger partial charge in [0.15, 0.2) is 5.82 Å². The molecule has 0 unspecified atom stereocenters. The van der Waals surface area contributed by atoms with E-state index >= 15 is 0 Å². The average molecular weight is 379 g/mol. The van der Waals surface area contributed by atoms with Crippen molar-refractivity contribution in [1.29, 1.82) is 0 Å². The van der Waals surface area contributed by atoms with E-state index in [1.165, 1.54) is 7.11 Å². The minimum absolute atomic E-state index is 0.101. The number of hydrogen-bond donors (Lipinski definition) is 2. The number of nitrogens with one attached hydrogen (secondary N) is 2. The van der Waals surface area contributed by atoms with E-state index in [1.807, 2.05) is 24.3 Å². The van der Waals surface area contributed by atoms with E-state index in [-0.39, 0.29) is 18.3 Å². The molecule has 2 heterocycles. The van der Waals surface area contributed by atoms with Crippen LogP contribution >= 0.6 is 0 Å². The van der Waals surface area contributed by atoms with Gasteiger partial charge in [0.1, 0.15) is 0 Å². The SMILES string of the molecule is COc1ncc(-c2cccc(CC(=O)Nc3n[nH]c4c3CCC4)c2)c(OC)n1. The third-order valence-corrected chi connectivity index (χ3v) is 4.77. The van der Waals surface area contributed by atoms with Gasteiger partial charge in [-0.25, -0.2) is 4.98 Å². The summed E-state index contributed by atoms with van der Waals surface area (Å²) in [5, 5.41) is 10.1.